The summed E-state index contributed by atoms with van der Waals surface area (Å²) in [4.78, 5) is 32.6. The van der Waals surface area contributed by atoms with Crippen molar-refractivity contribution in [2.75, 3.05) is 46.0 Å². The first-order chi connectivity index (χ1) is 12.7. The van der Waals surface area contributed by atoms with Gasteiger partial charge in [0.25, 0.3) is 5.91 Å². The van der Waals surface area contributed by atoms with E-state index in [1.165, 1.54) is 11.3 Å². The predicted molar refractivity (Wildman–Crippen MR) is 97.3 cm³/mol. The lowest BCUT2D eigenvalue weighted by atomic mass is 10.1. The van der Waals surface area contributed by atoms with E-state index < -0.39 is 0 Å². The fourth-order valence-corrected chi connectivity index (χ4v) is 3.93. The van der Waals surface area contributed by atoms with Crippen molar-refractivity contribution in [1.29, 1.82) is 0 Å². The number of aromatic nitrogens is 1. The molecule has 1 N–H and O–H groups in total. The molecule has 1 aromatic rings. The summed E-state index contributed by atoms with van der Waals surface area (Å²) >= 11 is 1.52. The van der Waals surface area contributed by atoms with Gasteiger partial charge in [-0.25, -0.2) is 9.78 Å². The minimum absolute atomic E-state index is 0.0672. The molecule has 2 aliphatic heterocycles. The number of hydrogen-bond donors (Lipinski definition) is 1. The number of thiazole rings is 1. The summed E-state index contributed by atoms with van der Waals surface area (Å²) in [6.45, 7) is 7.45. The Morgan fingerprint density at radius 2 is 2.04 bits per heavy atom. The minimum Gasteiger partial charge on any atom is -0.450 e. The van der Waals surface area contributed by atoms with Gasteiger partial charge in [0.2, 0.25) is 0 Å². The molecule has 3 rings (SSSR count). The highest BCUT2D eigenvalue weighted by Gasteiger charge is 2.25. The van der Waals surface area contributed by atoms with Crippen LogP contribution in [0.1, 0.15) is 35.3 Å². The van der Waals surface area contributed by atoms with Crippen molar-refractivity contribution < 1.29 is 19.1 Å². The number of ether oxygens (including phenoxy) is 2. The molecular formula is C17H26N4O4S. The molecule has 0 bridgehead atoms. The molecule has 0 unspecified atom stereocenters. The van der Waals surface area contributed by atoms with Crippen LogP contribution in [0, 0.1) is 0 Å². The van der Waals surface area contributed by atoms with E-state index in [4.69, 9.17) is 9.47 Å². The molecule has 0 aliphatic carbocycles. The first kappa shape index (κ1) is 19.1. The highest BCUT2D eigenvalue weighted by atomic mass is 32.1. The van der Waals surface area contributed by atoms with Crippen molar-refractivity contribution in [3.8, 4) is 0 Å². The molecule has 8 nitrogen and oxygen atoms in total. The molecular weight excluding hydrogens is 356 g/mol. The molecule has 0 saturated carbocycles. The lowest BCUT2D eigenvalue weighted by Crippen LogP contribution is -2.46. The van der Waals surface area contributed by atoms with Crippen LogP contribution in [0.15, 0.2) is 5.38 Å². The van der Waals surface area contributed by atoms with Gasteiger partial charge >= 0.3 is 6.09 Å². The molecule has 0 spiro atoms. The van der Waals surface area contributed by atoms with Crippen LogP contribution < -0.4 is 5.32 Å². The average molecular weight is 382 g/mol. The maximum atomic E-state index is 12.4. The van der Waals surface area contributed by atoms with Crippen molar-refractivity contribution in [2.45, 2.75) is 32.4 Å². The van der Waals surface area contributed by atoms with Gasteiger partial charge in [0, 0.05) is 37.6 Å². The second-order valence-electron chi connectivity index (χ2n) is 6.45. The molecule has 2 fully saturated rings. The SMILES string of the molecule is CCOC(=O)N1CCC(NC(=O)c2csc(CN3CCOCC3)n2)CC1. The number of rotatable bonds is 5. The number of piperidine rings is 1. The Labute approximate surface area is 157 Å². The Hall–Kier alpha value is -1.71. The molecule has 0 atom stereocenters. The average Bonchev–Trinajstić information content (AvgIpc) is 3.12. The summed E-state index contributed by atoms with van der Waals surface area (Å²) in [5.41, 5.74) is 0.478. The van der Waals surface area contributed by atoms with E-state index in [1.54, 1.807) is 11.8 Å². The summed E-state index contributed by atoms with van der Waals surface area (Å²) in [7, 11) is 0. The fraction of sp³-hybridized carbons (Fsp3) is 0.706. The highest BCUT2D eigenvalue weighted by molar-refractivity contribution is 7.09. The van der Waals surface area contributed by atoms with Crippen LogP contribution in [0.2, 0.25) is 0 Å². The van der Waals surface area contributed by atoms with E-state index in [2.05, 4.69) is 15.2 Å². The lowest BCUT2D eigenvalue weighted by Gasteiger charge is -2.31. The minimum atomic E-state index is -0.274. The number of nitrogens with one attached hydrogen (secondary N) is 1. The van der Waals surface area contributed by atoms with Crippen molar-refractivity contribution in [1.82, 2.24) is 20.1 Å². The molecule has 2 aliphatic rings. The molecule has 0 aromatic carbocycles. The van der Waals surface area contributed by atoms with Gasteiger partial charge in [-0.15, -0.1) is 11.3 Å². The Balaban J connectivity index is 1.44. The van der Waals surface area contributed by atoms with Crippen molar-refractivity contribution in [2.24, 2.45) is 0 Å². The van der Waals surface area contributed by atoms with Gasteiger partial charge in [-0.2, -0.15) is 0 Å². The van der Waals surface area contributed by atoms with Crippen LogP contribution in [-0.2, 0) is 16.0 Å². The Kier molecular flexibility index (Phi) is 6.81. The number of hydrogen-bond acceptors (Lipinski definition) is 7. The van der Waals surface area contributed by atoms with E-state index in [-0.39, 0.29) is 18.0 Å². The molecule has 1 aromatic heterocycles. The maximum Gasteiger partial charge on any atom is 0.409 e. The zero-order valence-corrected chi connectivity index (χ0v) is 15.9. The Morgan fingerprint density at radius 1 is 1.31 bits per heavy atom. The molecule has 2 saturated heterocycles. The summed E-state index contributed by atoms with van der Waals surface area (Å²) in [5, 5.41) is 5.81. The number of carbonyl (C=O) groups is 2. The Morgan fingerprint density at radius 3 is 2.73 bits per heavy atom. The molecule has 144 valence electrons. The topological polar surface area (TPSA) is 84.0 Å². The third-order valence-electron chi connectivity index (χ3n) is 4.60. The summed E-state index contributed by atoms with van der Waals surface area (Å²) in [5.74, 6) is -0.135. The third-order valence-corrected chi connectivity index (χ3v) is 5.44. The van der Waals surface area contributed by atoms with Gasteiger partial charge in [0.15, 0.2) is 0 Å². The van der Waals surface area contributed by atoms with Gasteiger partial charge < -0.3 is 19.7 Å². The monoisotopic (exact) mass is 382 g/mol. The van der Waals surface area contributed by atoms with Crippen LogP contribution >= 0.6 is 11.3 Å². The number of carbonyl (C=O) groups excluding carboxylic acids is 2. The van der Waals surface area contributed by atoms with Gasteiger partial charge in [0.05, 0.1) is 26.4 Å². The number of amides is 2. The molecule has 0 radical (unpaired) electrons. The van der Waals surface area contributed by atoms with E-state index >= 15 is 0 Å². The molecule has 26 heavy (non-hydrogen) atoms. The van der Waals surface area contributed by atoms with Crippen molar-refractivity contribution in [3.63, 3.8) is 0 Å². The van der Waals surface area contributed by atoms with Gasteiger partial charge in [-0.1, -0.05) is 0 Å². The number of likely N-dealkylation sites (tertiary alicyclic amines) is 1. The smallest absolute Gasteiger partial charge is 0.409 e. The van der Waals surface area contributed by atoms with E-state index in [1.807, 2.05) is 5.38 Å². The number of nitrogens with zero attached hydrogens (tertiary/aromatic N) is 3. The van der Waals surface area contributed by atoms with Crippen molar-refractivity contribution in [3.05, 3.63) is 16.1 Å². The van der Waals surface area contributed by atoms with Crippen LogP contribution in [0.3, 0.4) is 0 Å². The summed E-state index contributed by atoms with van der Waals surface area (Å²) in [6, 6.07) is 0.0672. The second-order valence-corrected chi connectivity index (χ2v) is 7.39. The first-order valence-electron chi connectivity index (χ1n) is 9.12. The molecule has 2 amide bonds. The van der Waals surface area contributed by atoms with E-state index in [9.17, 15) is 9.59 Å². The number of morpholine rings is 1. The summed E-state index contributed by atoms with van der Waals surface area (Å²) < 4.78 is 10.4. The lowest BCUT2D eigenvalue weighted by molar-refractivity contribution is 0.0341. The van der Waals surface area contributed by atoms with Crippen LogP contribution in [0.5, 0.6) is 0 Å². The predicted octanol–water partition coefficient (Wildman–Crippen LogP) is 1.33. The van der Waals surface area contributed by atoms with Gasteiger partial charge in [-0.3, -0.25) is 9.69 Å². The normalized spacial score (nSPS) is 19.3. The zero-order valence-electron chi connectivity index (χ0n) is 15.1. The standard InChI is InChI=1S/C17H26N4O4S/c1-2-25-17(23)21-5-3-13(4-6-21)18-16(22)14-12-26-15(19-14)11-20-7-9-24-10-8-20/h12-13H,2-11H2,1H3,(H,18,22). The molecule has 3 heterocycles. The highest BCUT2D eigenvalue weighted by Crippen LogP contribution is 2.15. The van der Waals surface area contributed by atoms with Crippen molar-refractivity contribution >= 4 is 23.3 Å². The van der Waals surface area contributed by atoms with Crippen LogP contribution in [-0.4, -0.2) is 78.8 Å². The molecule has 9 heteroatoms. The van der Waals surface area contributed by atoms with E-state index in [0.717, 1.165) is 50.7 Å². The Bertz CT molecular complexity index is 610. The first-order valence-corrected chi connectivity index (χ1v) is 10.0. The van der Waals surface area contributed by atoms with Crippen LogP contribution in [0.25, 0.3) is 0 Å². The largest absolute Gasteiger partial charge is 0.450 e. The fourth-order valence-electron chi connectivity index (χ4n) is 3.12. The van der Waals surface area contributed by atoms with Gasteiger partial charge in [-0.05, 0) is 19.8 Å². The zero-order chi connectivity index (χ0) is 18.4. The van der Waals surface area contributed by atoms with Gasteiger partial charge in [0.1, 0.15) is 10.7 Å². The summed E-state index contributed by atoms with van der Waals surface area (Å²) in [6.07, 6.45) is 1.19. The van der Waals surface area contributed by atoms with Crippen LogP contribution in [0.4, 0.5) is 4.79 Å². The quantitative estimate of drug-likeness (QED) is 0.827. The third kappa shape index (κ3) is 5.15. The van der Waals surface area contributed by atoms with E-state index in [0.29, 0.717) is 25.4 Å². The second kappa shape index (κ2) is 9.29. The maximum absolute atomic E-state index is 12.4.